The number of nitro benzene ring substituents is 1. The molecule has 2 aliphatic carbocycles. The number of nitrogens with one attached hydrogen (secondary N) is 2. The van der Waals surface area contributed by atoms with E-state index in [0.29, 0.717) is 24.1 Å². The van der Waals surface area contributed by atoms with Crippen molar-refractivity contribution in [1.82, 2.24) is 9.44 Å². The number of sulfonamides is 2. The van der Waals surface area contributed by atoms with E-state index in [2.05, 4.69) is 9.44 Å². The number of rotatable bonds is 12. The van der Waals surface area contributed by atoms with Crippen molar-refractivity contribution < 1.29 is 30.5 Å². The molecular weight excluding hydrogens is 687 g/mol. The van der Waals surface area contributed by atoms with E-state index in [4.69, 9.17) is 5.73 Å². The first-order valence-corrected chi connectivity index (χ1v) is 18.9. The van der Waals surface area contributed by atoms with E-state index in [1.54, 1.807) is 37.3 Å². The number of nitrogens with zero attached hydrogens (tertiary/aromatic N) is 1. The third-order valence-electron chi connectivity index (χ3n) is 8.62. The largest absolute Gasteiger partial charge is 0.398 e. The minimum atomic E-state index is -3.82. The number of hydrogen-bond acceptors (Lipinski definition) is 7. The topological polar surface area (TPSA) is 162 Å². The molecule has 4 aromatic carbocycles. The highest BCUT2D eigenvalue weighted by molar-refractivity contribution is 7.89. The van der Waals surface area contributed by atoms with E-state index < -0.39 is 30.5 Å². The smallest absolute Gasteiger partial charge is 0.277 e. The second kappa shape index (κ2) is 14.4. The van der Waals surface area contributed by atoms with Crippen molar-refractivity contribution in [2.24, 2.45) is 0 Å². The van der Waals surface area contributed by atoms with E-state index in [0.717, 1.165) is 42.9 Å². The lowest BCUT2D eigenvalue weighted by atomic mass is 10.0. The van der Waals surface area contributed by atoms with Crippen LogP contribution in [0.1, 0.15) is 61.8 Å². The van der Waals surface area contributed by atoms with Crippen LogP contribution in [-0.2, 0) is 32.9 Å². The van der Waals surface area contributed by atoms with E-state index in [1.807, 2.05) is 6.92 Å². The van der Waals surface area contributed by atoms with Crippen LogP contribution in [0.15, 0.2) is 94.7 Å². The van der Waals surface area contributed by atoms with Crippen LogP contribution in [0.2, 0.25) is 0 Å². The third kappa shape index (κ3) is 9.81. The Labute approximate surface area is 290 Å². The van der Waals surface area contributed by atoms with Crippen molar-refractivity contribution in [3.05, 3.63) is 129 Å². The van der Waals surface area contributed by atoms with Gasteiger partial charge < -0.3 is 5.73 Å². The van der Waals surface area contributed by atoms with Gasteiger partial charge in [0.2, 0.25) is 20.0 Å². The second-order valence-corrected chi connectivity index (χ2v) is 16.5. The number of aryl methyl sites for hydroxylation is 2. The Balaban J connectivity index is 0.000000195. The first-order chi connectivity index (χ1) is 23.5. The normalized spacial score (nSPS) is 16.0. The standard InChI is InChI=1S/C18H17FN2O4S.C18H21FN2O2S/c1-18(10-11-18)20-26(24,25)16-9-6-14(17(12-16)21(22)23)5-2-13-3-7-15(19)8-4-13;1-18(10-11-18)21-24(22,23)16-9-6-14(17(20)12-16)5-2-13-3-7-15(19)8-4-13/h2-9,12,20H,10-11H2,1H3;3-4,6-9,12,21H,2,5,10-11,20H2,1H3/b5-2+;. The highest BCUT2D eigenvalue weighted by Gasteiger charge is 2.42. The summed E-state index contributed by atoms with van der Waals surface area (Å²) >= 11 is 0. The number of benzene rings is 4. The van der Waals surface area contributed by atoms with Crippen LogP contribution in [-0.4, -0.2) is 32.8 Å². The molecule has 10 nitrogen and oxygen atoms in total. The van der Waals surface area contributed by atoms with Gasteiger partial charge in [0.05, 0.1) is 20.3 Å². The summed E-state index contributed by atoms with van der Waals surface area (Å²) < 4.78 is 80.6. The molecule has 4 N–H and O–H groups in total. The van der Waals surface area contributed by atoms with Crippen molar-refractivity contribution >= 4 is 43.6 Å². The van der Waals surface area contributed by atoms with Crippen molar-refractivity contribution in [1.29, 1.82) is 0 Å². The molecule has 0 aromatic heterocycles. The molecule has 264 valence electrons. The predicted molar refractivity (Wildman–Crippen MR) is 189 cm³/mol. The summed E-state index contributed by atoms with van der Waals surface area (Å²) in [6.07, 6.45) is 7.68. The van der Waals surface area contributed by atoms with Crippen LogP contribution in [0.4, 0.5) is 20.2 Å². The van der Waals surface area contributed by atoms with E-state index >= 15 is 0 Å². The molecule has 2 aliphatic rings. The molecule has 2 fully saturated rings. The average Bonchev–Trinajstić information content (AvgIpc) is 3.98. The molecule has 0 aliphatic heterocycles. The first-order valence-electron chi connectivity index (χ1n) is 15.9. The van der Waals surface area contributed by atoms with Gasteiger partial charge in [-0.3, -0.25) is 10.1 Å². The zero-order valence-electron chi connectivity index (χ0n) is 27.5. The molecule has 2 saturated carbocycles. The molecule has 4 aromatic rings. The summed E-state index contributed by atoms with van der Waals surface area (Å²) in [5.41, 5.74) is 8.23. The average molecular weight is 725 g/mol. The third-order valence-corrected chi connectivity index (χ3v) is 11.9. The maximum atomic E-state index is 12.9. The Morgan fingerprint density at radius 2 is 1.24 bits per heavy atom. The minimum absolute atomic E-state index is 0.142. The van der Waals surface area contributed by atoms with Gasteiger partial charge >= 0.3 is 0 Å². The molecule has 0 unspecified atom stereocenters. The molecule has 0 bridgehead atoms. The monoisotopic (exact) mass is 724 g/mol. The van der Waals surface area contributed by atoms with Gasteiger partial charge in [0, 0.05) is 22.8 Å². The van der Waals surface area contributed by atoms with Crippen LogP contribution in [0.5, 0.6) is 0 Å². The van der Waals surface area contributed by atoms with Crippen molar-refractivity contribution in [2.45, 2.75) is 73.2 Å². The number of nitro groups is 1. The molecule has 6 rings (SSSR count). The maximum Gasteiger partial charge on any atom is 0.277 e. The van der Waals surface area contributed by atoms with Gasteiger partial charge in [0.15, 0.2) is 0 Å². The van der Waals surface area contributed by atoms with Gasteiger partial charge in [-0.05, 0) is 124 Å². The molecular formula is C36H38F2N4O6S2. The summed E-state index contributed by atoms with van der Waals surface area (Å²) in [5, 5.41) is 11.4. The molecule has 0 heterocycles. The lowest BCUT2D eigenvalue weighted by Gasteiger charge is -2.14. The van der Waals surface area contributed by atoms with E-state index in [1.165, 1.54) is 60.7 Å². The summed E-state index contributed by atoms with van der Waals surface area (Å²) in [6.45, 7) is 3.68. The fourth-order valence-electron chi connectivity index (χ4n) is 4.99. The van der Waals surface area contributed by atoms with Crippen molar-refractivity contribution in [3.63, 3.8) is 0 Å². The predicted octanol–water partition coefficient (Wildman–Crippen LogP) is 6.76. The van der Waals surface area contributed by atoms with Crippen LogP contribution < -0.4 is 15.2 Å². The SMILES string of the molecule is CC1(NS(=O)(=O)c2ccc(/C=C/c3ccc(F)cc3)c([N+](=O)[O-])c2)CC1.CC1(NS(=O)(=O)c2ccc(CCc3ccc(F)cc3)c(N)c2)CC1. The highest BCUT2D eigenvalue weighted by atomic mass is 32.2. The van der Waals surface area contributed by atoms with Gasteiger partial charge in [0.1, 0.15) is 11.6 Å². The Hall–Kier alpha value is -4.50. The molecule has 0 radical (unpaired) electrons. The van der Waals surface area contributed by atoms with Crippen molar-refractivity contribution in [3.8, 4) is 0 Å². The minimum Gasteiger partial charge on any atom is -0.398 e. The first kappa shape index (κ1) is 36.8. The maximum absolute atomic E-state index is 12.9. The Kier molecular flexibility index (Phi) is 10.6. The summed E-state index contributed by atoms with van der Waals surface area (Å²) in [4.78, 5) is 10.8. The van der Waals surface area contributed by atoms with Crippen LogP contribution in [0.3, 0.4) is 0 Å². The Morgan fingerprint density at radius 1 is 0.740 bits per heavy atom. The Bertz CT molecular complexity index is 2130. The van der Waals surface area contributed by atoms with Crippen LogP contribution in [0.25, 0.3) is 12.2 Å². The lowest BCUT2D eigenvalue weighted by Crippen LogP contribution is -2.34. The van der Waals surface area contributed by atoms with Gasteiger partial charge in [-0.2, -0.15) is 0 Å². The summed E-state index contributed by atoms with van der Waals surface area (Å²) in [6, 6.07) is 20.6. The highest BCUT2D eigenvalue weighted by Crippen LogP contribution is 2.37. The van der Waals surface area contributed by atoms with Gasteiger partial charge in [0.25, 0.3) is 5.69 Å². The van der Waals surface area contributed by atoms with Crippen molar-refractivity contribution in [2.75, 3.05) is 5.73 Å². The number of nitrogen functional groups attached to an aromatic ring is 1. The molecule has 0 atom stereocenters. The quantitative estimate of drug-likeness (QED) is 0.0630. The molecule has 0 spiro atoms. The molecule has 14 heteroatoms. The van der Waals surface area contributed by atoms with Crippen LogP contribution in [0, 0.1) is 21.7 Å². The zero-order chi connectivity index (χ0) is 36.3. The molecule has 0 amide bonds. The zero-order valence-corrected chi connectivity index (χ0v) is 29.2. The second-order valence-electron chi connectivity index (χ2n) is 13.2. The van der Waals surface area contributed by atoms with Gasteiger partial charge in [-0.25, -0.2) is 35.1 Å². The summed E-state index contributed by atoms with van der Waals surface area (Å²) in [7, 11) is -7.36. The number of halogens is 2. The number of anilines is 1. The number of hydrogen-bond donors (Lipinski definition) is 3. The van der Waals surface area contributed by atoms with E-state index in [-0.39, 0.29) is 38.2 Å². The molecule has 50 heavy (non-hydrogen) atoms. The van der Waals surface area contributed by atoms with Gasteiger partial charge in [-0.1, -0.05) is 36.4 Å². The number of nitrogens with two attached hydrogens (primary N) is 1. The summed E-state index contributed by atoms with van der Waals surface area (Å²) in [5.74, 6) is -0.635. The lowest BCUT2D eigenvalue weighted by molar-refractivity contribution is -0.385. The van der Waals surface area contributed by atoms with Gasteiger partial charge in [-0.15, -0.1) is 0 Å². The van der Waals surface area contributed by atoms with E-state index in [9.17, 15) is 35.7 Å². The Morgan fingerprint density at radius 3 is 1.74 bits per heavy atom. The fraction of sp³-hybridized carbons (Fsp3) is 0.278. The van der Waals surface area contributed by atoms with Crippen LogP contribution >= 0.6 is 0 Å². The molecule has 0 saturated heterocycles. The fourth-order valence-corrected chi connectivity index (χ4v) is 7.98.